The van der Waals surface area contributed by atoms with Crippen molar-refractivity contribution in [1.82, 2.24) is 59.2 Å². The zero-order valence-corrected chi connectivity index (χ0v) is 93.8. The molecule has 822 valence electrons. The van der Waals surface area contributed by atoms with E-state index in [1.54, 1.807) is 0 Å². The van der Waals surface area contributed by atoms with Crippen LogP contribution in [0, 0.1) is 59.2 Å². The molecule has 0 radical (unpaired) electrons. The lowest BCUT2D eigenvalue weighted by Crippen LogP contribution is -2.61. The first kappa shape index (κ1) is 132. The van der Waals surface area contributed by atoms with Crippen LogP contribution in [-0.2, 0) is 23.8 Å². The van der Waals surface area contributed by atoms with E-state index in [1.807, 2.05) is 7.11 Å². The number of piperazine rings is 1. The molecule has 138 heavy (non-hydrogen) atoms. The number of thioether (sulfide) groups is 1. The maximum atomic E-state index is 12.7. The molecule has 11 heterocycles. The summed E-state index contributed by atoms with van der Waals surface area (Å²) in [6.07, 6.45) is 21.5. The van der Waals surface area contributed by atoms with Gasteiger partial charge < -0.3 is 104 Å². The quantitative estimate of drug-likeness (QED) is 0.0268. The Labute approximate surface area is 849 Å². The molecule has 7 atom stereocenters. The van der Waals surface area contributed by atoms with E-state index in [2.05, 4.69) is 216 Å². The Bertz CT molecular complexity index is 2740. The van der Waals surface area contributed by atoms with Gasteiger partial charge in [0.2, 0.25) is 0 Å². The fourth-order valence-electron chi connectivity index (χ4n) is 18.1. The van der Waals surface area contributed by atoms with Gasteiger partial charge in [0.15, 0.2) is 12.4 Å². The second-order valence-electron chi connectivity index (χ2n) is 46.2. The number of amides is 1. The van der Waals surface area contributed by atoms with Crippen LogP contribution in [0.1, 0.15) is 325 Å². The van der Waals surface area contributed by atoms with Crippen molar-refractivity contribution in [2.24, 2.45) is 59.2 Å². The first-order chi connectivity index (χ1) is 65.5. The number of likely N-dealkylation sites (tertiary alicyclic amines) is 8. The normalized spacial score (nSPS) is 24.6. The Kier molecular flexibility index (Phi) is 76.1. The number of halogens is 3. The summed E-state index contributed by atoms with van der Waals surface area (Å²) >= 11 is 2.09. The largest absolute Gasteiger partial charge is 0.461 e. The number of β-amino-alcohol motifs (C(OH)–C–C–N with tert-alkyl or cyclic N) is 1. The highest BCUT2D eigenvalue weighted by Gasteiger charge is 2.46. The summed E-state index contributed by atoms with van der Waals surface area (Å²) in [4.78, 5) is 51.2. The van der Waals surface area contributed by atoms with Crippen molar-refractivity contribution in [1.29, 1.82) is 0 Å². The maximum Gasteiger partial charge on any atom is 0.325 e. The molecule has 0 saturated carbocycles. The molecule has 1 amide bonds. The molecule has 0 aromatic rings. The van der Waals surface area contributed by atoms with Crippen LogP contribution < -0.4 is 5.32 Å². The third-order valence-corrected chi connectivity index (χ3v) is 29.5. The van der Waals surface area contributed by atoms with E-state index in [0.29, 0.717) is 43.7 Å². The van der Waals surface area contributed by atoms with Crippen molar-refractivity contribution in [2.75, 3.05) is 241 Å². The predicted octanol–water partition coefficient (Wildman–Crippen LogP) is 16.5. The Morgan fingerprint density at radius 2 is 0.717 bits per heavy atom. The van der Waals surface area contributed by atoms with E-state index >= 15 is 0 Å². The fraction of sp³-hybridized carbons (Fsp3) is 0.982. The Morgan fingerprint density at radius 1 is 0.377 bits per heavy atom. The topological polar surface area (TPSA) is 251 Å². The van der Waals surface area contributed by atoms with Gasteiger partial charge in [0.1, 0.15) is 37.1 Å². The molecule has 11 aliphatic rings. The van der Waals surface area contributed by atoms with E-state index in [4.69, 9.17) is 19.3 Å². The van der Waals surface area contributed by atoms with Crippen LogP contribution in [0.2, 0.25) is 0 Å². The average molecular weight is 2000 g/mol. The molecule has 11 fully saturated rings. The van der Waals surface area contributed by atoms with Gasteiger partial charge in [0.25, 0.3) is 11.8 Å². The van der Waals surface area contributed by atoms with Crippen LogP contribution in [-0.4, -0.2) is 416 Å². The zero-order chi connectivity index (χ0) is 103. The predicted molar refractivity (Wildman–Crippen MR) is 572 cm³/mol. The number of nitrogens with one attached hydrogen (secondary N) is 1. The summed E-state index contributed by atoms with van der Waals surface area (Å²) in [6, 6.07) is 0.462. The van der Waals surface area contributed by atoms with E-state index in [-0.39, 0.29) is 31.2 Å². The number of rotatable bonds is 38. The van der Waals surface area contributed by atoms with Gasteiger partial charge in [0, 0.05) is 149 Å². The lowest BCUT2D eigenvalue weighted by molar-refractivity contribution is -0.275. The molecule has 0 spiro atoms. The number of methoxy groups -OCH3 is 1. The molecule has 0 aliphatic carbocycles. The summed E-state index contributed by atoms with van der Waals surface area (Å²) in [7, 11) is 1.83. The molecule has 11 saturated heterocycles. The number of aliphatic hydroxyl groups is 7. The van der Waals surface area contributed by atoms with Crippen LogP contribution in [0.25, 0.3) is 0 Å². The molecule has 0 bridgehead atoms. The van der Waals surface area contributed by atoms with Crippen molar-refractivity contribution in [3.63, 3.8) is 0 Å². The van der Waals surface area contributed by atoms with Gasteiger partial charge in [0.05, 0.1) is 24.9 Å². The second kappa shape index (κ2) is 79.4. The number of ether oxygens (including phenoxy) is 3. The molecule has 0 unspecified atom stereocenters. The third kappa shape index (κ3) is 68.7. The molecule has 8 N–H and O–H groups in total. The molecule has 11 rings (SSSR count). The minimum Gasteiger partial charge on any atom is -0.461 e. The summed E-state index contributed by atoms with van der Waals surface area (Å²) in [6.45, 7) is 83.7. The number of piperidine rings is 7. The van der Waals surface area contributed by atoms with Crippen LogP contribution >= 0.6 is 11.8 Å². The van der Waals surface area contributed by atoms with Crippen molar-refractivity contribution < 1.29 is 72.7 Å². The second-order valence-corrected chi connectivity index (χ2v) is 47.4. The number of hydrogen-bond donors (Lipinski definition) is 8. The van der Waals surface area contributed by atoms with Gasteiger partial charge in [-0.1, -0.05) is 152 Å². The molecular formula is C110H223F3N12O12S. The molecule has 28 heteroatoms. The number of aliphatic hydroxyl groups excluding tert-OH is 7. The van der Waals surface area contributed by atoms with Crippen LogP contribution in [0.5, 0.6) is 0 Å². The molecule has 0 aromatic heterocycles. The summed E-state index contributed by atoms with van der Waals surface area (Å²) < 4.78 is 53.7. The highest BCUT2D eigenvalue weighted by molar-refractivity contribution is 7.99. The van der Waals surface area contributed by atoms with Gasteiger partial charge in [-0.15, -0.1) is 0 Å². The summed E-state index contributed by atoms with van der Waals surface area (Å²) in [5, 5.41) is 68.3. The van der Waals surface area contributed by atoms with E-state index in [1.165, 1.54) is 245 Å². The Morgan fingerprint density at radius 3 is 1.11 bits per heavy atom. The van der Waals surface area contributed by atoms with Crippen molar-refractivity contribution in [3.05, 3.63) is 0 Å². The van der Waals surface area contributed by atoms with Crippen LogP contribution in [0.15, 0.2) is 0 Å². The highest BCUT2D eigenvalue weighted by Crippen LogP contribution is 2.29. The molecule has 24 nitrogen and oxygen atoms in total. The maximum absolute atomic E-state index is 12.7. The summed E-state index contributed by atoms with van der Waals surface area (Å²) in [5.74, 6) is 6.67. The SMILES string of the molecule is CC(C)CCN1CCC(F)(F)CC1.CC(C)CCN1CCC(F)CC1.CC(C)CCN1CCC(O)CC1.CC(C)CCN1CCC(OC(=O)CNC(=O)[C@H]2O[C@@H](O)[C@H](O)[C@@H](O)[C@@H]2O)CC1.CC(C)CCN1CCCCC1.CC(C)CCN1CCC[C@@H](O)C1.CC(C)CCN1CCC[C@@H]1CO.CC(C)CCN1CCSCC1.CCCN1CCN(CCC(C)C)CC1.COC1CCN(CCC(C)C)CC1. The Hall–Kier alpha value is -1.72. The third-order valence-electron chi connectivity index (χ3n) is 28.6. The molecular weight excluding hydrogens is 1770 g/mol. The average Bonchev–Trinajstić information content (AvgIpc) is 0.997. The first-order valence-electron chi connectivity index (χ1n) is 56.4. The monoisotopic (exact) mass is 1990 g/mol. The highest BCUT2D eigenvalue weighted by atomic mass is 32.2. The van der Waals surface area contributed by atoms with Crippen molar-refractivity contribution >= 4 is 23.6 Å². The number of carbonyl (C=O) groups excluding carboxylic acids is 2. The smallest absolute Gasteiger partial charge is 0.325 e. The lowest BCUT2D eigenvalue weighted by Gasteiger charge is -2.37. The van der Waals surface area contributed by atoms with Crippen molar-refractivity contribution in [3.8, 4) is 0 Å². The Balaban J connectivity index is 0.000000528. The van der Waals surface area contributed by atoms with Gasteiger partial charge >= 0.3 is 5.97 Å². The van der Waals surface area contributed by atoms with Gasteiger partial charge in [-0.2, -0.15) is 11.8 Å². The number of carbonyl (C=O) groups is 2. The molecule has 11 aliphatic heterocycles. The standard InChI is InChI=1S/C18H32N2O8.C12H26N2.C11H23NO.C10H19F2N.C10H20FN.3C10H21NO.C10H21N.C9H19NS/c1-10(2)3-6-20-7-4-11(5-8-20)27-12(21)9-19-17(25)16-14(23)13(22)15(24)18(26)28-16;1-4-6-13-8-10-14(11-9-13)7-5-12(2)3;1-10(2)4-7-12-8-5-11(13-3)6-9-12;1-9(2)3-6-13-7-4-10(11,12)5-8-13;1-9(2)3-6-12-7-4-10(11)5-8-12;1-9(2)3-6-11-7-4-10(12)5-8-11;1-9(2)5-7-11-6-3-4-10(11)8-12;1-9(2)5-7-11-6-3-4-10(12)8-11;1-10(2)6-9-11-7-4-3-5-8-11;1-9(2)3-4-10-5-7-11-8-6-10/h10-11,13-16,18,22-24,26H,3-9H2,1-2H3,(H,19,25);12H,4-11H2,1-3H3;10-11H,4-9H2,1-3H3;9H,3-8H2,1-2H3;9-10H,3-8H2,1-2H3;3*9-10,12H,3-8H2,1-2H3;10H,3-9H2,1-2H3;9H,3-8H2,1-2H3/t13-,14-,15+,16-,18+;;;;;;2*10-;;/m0.....11../s1. The number of nitrogens with zero attached hydrogens (tertiary/aromatic N) is 11. The van der Waals surface area contributed by atoms with Gasteiger partial charge in [-0.05, 0) is 318 Å². The zero-order valence-electron chi connectivity index (χ0n) is 93.0. The number of hydrogen-bond acceptors (Lipinski definition) is 24. The van der Waals surface area contributed by atoms with E-state index in [9.17, 15) is 53.4 Å². The minimum absolute atomic E-state index is 0.0275. The summed E-state index contributed by atoms with van der Waals surface area (Å²) in [5.41, 5.74) is 0. The van der Waals surface area contributed by atoms with Crippen molar-refractivity contribution in [2.45, 2.75) is 398 Å². The molecule has 0 aromatic carbocycles. The van der Waals surface area contributed by atoms with Crippen LogP contribution in [0.3, 0.4) is 0 Å². The van der Waals surface area contributed by atoms with Gasteiger partial charge in [-0.25, -0.2) is 13.2 Å². The lowest BCUT2D eigenvalue weighted by atomic mass is 9.98. The fourth-order valence-corrected chi connectivity index (χ4v) is 19.1. The van der Waals surface area contributed by atoms with E-state index in [0.717, 1.165) is 177 Å². The van der Waals surface area contributed by atoms with Gasteiger partial charge in [-0.3, -0.25) is 14.5 Å². The number of esters is 1. The number of alkyl halides is 3. The van der Waals surface area contributed by atoms with E-state index < -0.39 is 61.2 Å². The van der Waals surface area contributed by atoms with Crippen LogP contribution in [0.4, 0.5) is 13.2 Å². The minimum atomic E-state index is -2.39. The first-order valence-corrected chi connectivity index (χ1v) is 57.6.